The van der Waals surface area contributed by atoms with Crippen LogP contribution in [-0.4, -0.2) is 23.7 Å². The lowest BCUT2D eigenvalue weighted by atomic mass is 10.2. The first-order valence-corrected chi connectivity index (χ1v) is 6.20. The summed E-state index contributed by atoms with van der Waals surface area (Å²) in [5, 5.41) is 0. The molecule has 0 saturated heterocycles. The largest absolute Gasteiger partial charge is 0.399 e. The van der Waals surface area contributed by atoms with Crippen LogP contribution in [0.25, 0.3) is 0 Å². The molecule has 2 N–H and O–H groups in total. The molecule has 0 aliphatic carbocycles. The summed E-state index contributed by atoms with van der Waals surface area (Å²) >= 11 is 0. The van der Waals surface area contributed by atoms with Crippen molar-refractivity contribution < 1.29 is 8.95 Å². The van der Waals surface area contributed by atoms with Gasteiger partial charge in [-0.1, -0.05) is 0 Å². The van der Waals surface area contributed by atoms with E-state index in [2.05, 4.69) is 0 Å². The predicted molar refractivity (Wildman–Crippen MR) is 63.4 cm³/mol. The number of nitrogens with two attached hydrogens (primary N) is 1. The average Bonchev–Trinajstić information content (AvgIpc) is 2.22. The Bertz CT molecular complexity index is 352. The molecule has 0 aromatic heterocycles. The van der Waals surface area contributed by atoms with Crippen LogP contribution in [0, 0.1) is 6.92 Å². The quantitative estimate of drug-likeness (QED) is 0.615. The van der Waals surface area contributed by atoms with E-state index in [1.165, 1.54) is 0 Å². The second-order valence-electron chi connectivity index (χ2n) is 3.41. The van der Waals surface area contributed by atoms with Crippen LogP contribution in [0.4, 0.5) is 5.69 Å². The van der Waals surface area contributed by atoms with Gasteiger partial charge < -0.3 is 10.5 Å². The number of aryl methyl sites for hydroxylation is 1. The first kappa shape index (κ1) is 12.2. The van der Waals surface area contributed by atoms with Crippen molar-refractivity contribution in [1.29, 1.82) is 0 Å². The summed E-state index contributed by atoms with van der Waals surface area (Å²) in [5.41, 5.74) is 7.41. The van der Waals surface area contributed by atoms with E-state index >= 15 is 0 Å². The molecule has 1 rings (SSSR count). The highest BCUT2D eigenvalue weighted by atomic mass is 32.2. The van der Waals surface area contributed by atoms with E-state index in [0.717, 1.165) is 22.6 Å². The molecule has 0 aliphatic rings. The molecule has 0 amide bonds. The zero-order chi connectivity index (χ0) is 11.3. The van der Waals surface area contributed by atoms with Crippen molar-refractivity contribution >= 4 is 16.5 Å². The second kappa shape index (κ2) is 5.88. The van der Waals surface area contributed by atoms with Crippen LogP contribution < -0.4 is 5.73 Å². The van der Waals surface area contributed by atoms with Crippen molar-refractivity contribution in [2.75, 3.05) is 25.2 Å². The van der Waals surface area contributed by atoms with Gasteiger partial charge in [0.2, 0.25) is 0 Å². The van der Waals surface area contributed by atoms with Crippen molar-refractivity contribution in [3.05, 3.63) is 23.8 Å². The molecule has 0 spiro atoms. The predicted octanol–water partition coefficient (Wildman–Crippen LogP) is 1.72. The molecule has 1 unspecified atom stereocenters. The molecule has 0 saturated carbocycles. The van der Waals surface area contributed by atoms with Gasteiger partial charge in [0.25, 0.3) is 0 Å². The monoisotopic (exact) mass is 227 g/mol. The Kier molecular flexibility index (Phi) is 4.78. The van der Waals surface area contributed by atoms with E-state index in [0.29, 0.717) is 12.4 Å². The average molecular weight is 227 g/mol. The Hall–Kier alpha value is -0.870. The van der Waals surface area contributed by atoms with Crippen molar-refractivity contribution in [2.45, 2.75) is 18.2 Å². The fourth-order valence-corrected chi connectivity index (χ4v) is 2.39. The van der Waals surface area contributed by atoms with Crippen molar-refractivity contribution in [3.63, 3.8) is 0 Å². The van der Waals surface area contributed by atoms with Crippen LogP contribution in [0.5, 0.6) is 0 Å². The van der Waals surface area contributed by atoms with Crippen LogP contribution >= 0.6 is 0 Å². The maximum atomic E-state index is 11.8. The minimum absolute atomic E-state index is 0.636. The van der Waals surface area contributed by atoms with Crippen molar-refractivity contribution in [1.82, 2.24) is 0 Å². The molecule has 0 radical (unpaired) electrons. The number of anilines is 1. The van der Waals surface area contributed by atoms with E-state index in [1.54, 1.807) is 13.2 Å². The first-order chi connectivity index (χ1) is 7.15. The molecule has 0 aliphatic heterocycles. The van der Waals surface area contributed by atoms with E-state index in [1.807, 2.05) is 19.1 Å². The molecule has 1 atom stereocenters. The summed E-state index contributed by atoms with van der Waals surface area (Å²) in [6.07, 6.45) is 0.812. The maximum absolute atomic E-state index is 11.8. The Balaban J connectivity index is 2.62. The van der Waals surface area contributed by atoms with Crippen LogP contribution in [0.15, 0.2) is 23.1 Å². The van der Waals surface area contributed by atoms with Crippen LogP contribution in [-0.2, 0) is 15.5 Å². The lowest BCUT2D eigenvalue weighted by molar-refractivity contribution is 0.200. The van der Waals surface area contributed by atoms with Gasteiger partial charge in [-0.15, -0.1) is 0 Å². The Morgan fingerprint density at radius 1 is 1.47 bits per heavy atom. The minimum Gasteiger partial charge on any atom is -0.399 e. The first-order valence-electron chi connectivity index (χ1n) is 4.88. The highest BCUT2D eigenvalue weighted by molar-refractivity contribution is 7.85. The molecule has 0 fully saturated rings. The molecule has 84 valence electrons. The lowest BCUT2D eigenvalue weighted by Crippen LogP contribution is -2.02. The van der Waals surface area contributed by atoms with Gasteiger partial charge in [-0.05, 0) is 37.1 Å². The number of hydrogen-bond acceptors (Lipinski definition) is 3. The van der Waals surface area contributed by atoms with Gasteiger partial charge in [0.1, 0.15) is 0 Å². The van der Waals surface area contributed by atoms with E-state index < -0.39 is 10.8 Å². The molecule has 4 heteroatoms. The van der Waals surface area contributed by atoms with E-state index in [-0.39, 0.29) is 0 Å². The van der Waals surface area contributed by atoms with E-state index in [4.69, 9.17) is 10.5 Å². The Morgan fingerprint density at radius 2 is 2.20 bits per heavy atom. The summed E-state index contributed by atoms with van der Waals surface area (Å²) in [7, 11) is 0.710. The summed E-state index contributed by atoms with van der Waals surface area (Å²) < 4.78 is 16.7. The number of benzene rings is 1. The van der Waals surface area contributed by atoms with E-state index in [9.17, 15) is 4.21 Å². The molecular weight excluding hydrogens is 210 g/mol. The third-order valence-corrected chi connectivity index (χ3v) is 3.62. The third kappa shape index (κ3) is 3.64. The molecule has 0 bridgehead atoms. The smallest absolute Gasteiger partial charge is 0.0530 e. The summed E-state index contributed by atoms with van der Waals surface area (Å²) in [6, 6.07) is 5.52. The van der Waals surface area contributed by atoms with Gasteiger partial charge >= 0.3 is 0 Å². The molecular formula is C11H17NO2S. The molecule has 15 heavy (non-hydrogen) atoms. The number of hydrogen-bond donors (Lipinski definition) is 1. The number of rotatable bonds is 5. The Morgan fingerprint density at radius 3 is 2.80 bits per heavy atom. The molecule has 0 heterocycles. The standard InChI is InChI=1S/C11H17NO2S/c1-9-8-10(4-5-11(9)12)15(13)7-3-6-14-2/h4-5,8H,3,6-7,12H2,1-2H3. The highest BCUT2D eigenvalue weighted by Crippen LogP contribution is 2.16. The van der Waals surface area contributed by atoms with Crippen molar-refractivity contribution in [2.24, 2.45) is 0 Å². The van der Waals surface area contributed by atoms with Gasteiger partial charge in [0, 0.05) is 30.1 Å². The molecule has 3 nitrogen and oxygen atoms in total. The molecule has 1 aromatic rings. The van der Waals surface area contributed by atoms with Crippen LogP contribution in [0.3, 0.4) is 0 Å². The SMILES string of the molecule is COCCCS(=O)c1ccc(N)c(C)c1. The van der Waals surface area contributed by atoms with Gasteiger partial charge in [-0.2, -0.15) is 0 Å². The number of nitrogen functional groups attached to an aromatic ring is 1. The van der Waals surface area contributed by atoms with Crippen LogP contribution in [0.2, 0.25) is 0 Å². The number of methoxy groups -OCH3 is 1. The van der Waals surface area contributed by atoms with Gasteiger partial charge in [-0.3, -0.25) is 4.21 Å². The summed E-state index contributed by atoms with van der Waals surface area (Å²) in [5.74, 6) is 0.636. The summed E-state index contributed by atoms with van der Waals surface area (Å²) in [4.78, 5) is 0.845. The Labute approximate surface area is 93.1 Å². The zero-order valence-corrected chi connectivity index (χ0v) is 9.97. The van der Waals surface area contributed by atoms with Crippen LogP contribution in [0.1, 0.15) is 12.0 Å². The third-order valence-electron chi connectivity index (χ3n) is 2.18. The second-order valence-corrected chi connectivity index (χ2v) is 4.99. The van der Waals surface area contributed by atoms with Gasteiger partial charge in [0.15, 0.2) is 0 Å². The minimum atomic E-state index is -0.939. The zero-order valence-electron chi connectivity index (χ0n) is 9.16. The van der Waals surface area contributed by atoms with Gasteiger partial charge in [0.05, 0.1) is 10.8 Å². The fourth-order valence-electron chi connectivity index (χ4n) is 1.24. The van der Waals surface area contributed by atoms with Crippen molar-refractivity contribution in [3.8, 4) is 0 Å². The lowest BCUT2D eigenvalue weighted by Gasteiger charge is -2.05. The highest BCUT2D eigenvalue weighted by Gasteiger charge is 2.04. The summed E-state index contributed by atoms with van der Waals surface area (Å²) in [6.45, 7) is 2.57. The topological polar surface area (TPSA) is 52.3 Å². The number of ether oxygens (including phenoxy) is 1. The molecule has 1 aromatic carbocycles. The van der Waals surface area contributed by atoms with Gasteiger partial charge in [-0.25, -0.2) is 0 Å². The maximum Gasteiger partial charge on any atom is 0.0530 e. The normalized spacial score (nSPS) is 12.7. The fraction of sp³-hybridized carbons (Fsp3) is 0.455.